The van der Waals surface area contributed by atoms with E-state index in [-0.39, 0.29) is 0 Å². The van der Waals surface area contributed by atoms with Crippen molar-refractivity contribution in [3.63, 3.8) is 0 Å². The Hall–Kier alpha value is -0.370. The molecule has 0 aliphatic heterocycles. The molecule has 2 rings (SSSR count). The summed E-state index contributed by atoms with van der Waals surface area (Å²) in [5.74, 6) is 0.752. The Morgan fingerprint density at radius 1 is 1.36 bits per heavy atom. The Morgan fingerprint density at radius 2 is 2.00 bits per heavy atom. The van der Waals surface area contributed by atoms with E-state index in [1.54, 1.807) is 0 Å². The molecule has 0 spiro atoms. The Labute approximate surface area is 90.6 Å². The van der Waals surface area contributed by atoms with E-state index in [0.717, 1.165) is 5.92 Å². The molecule has 1 heterocycles. The molecule has 0 amide bonds. The van der Waals surface area contributed by atoms with Crippen molar-refractivity contribution in [3.05, 3.63) is 16.1 Å². The molecule has 0 N–H and O–H groups in total. The fraction of sp³-hybridized carbons (Fsp3) is 0.750. The molecule has 0 bridgehead atoms. The molecule has 1 saturated carbocycles. The van der Waals surface area contributed by atoms with Crippen molar-refractivity contribution in [3.8, 4) is 0 Å². The second kappa shape index (κ2) is 3.65. The van der Waals surface area contributed by atoms with Crippen LogP contribution in [0.4, 0.5) is 0 Å². The van der Waals surface area contributed by atoms with Crippen LogP contribution in [-0.2, 0) is 0 Å². The van der Waals surface area contributed by atoms with E-state index in [2.05, 4.69) is 31.1 Å². The lowest BCUT2D eigenvalue weighted by Gasteiger charge is -2.33. The van der Waals surface area contributed by atoms with Crippen LogP contribution >= 0.6 is 11.3 Å². The van der Waals surface area contributed by atoms with Crippen LogP contribution in [0, 0.1) is 12.3 Å². The van der Waals surface area contributed by atoms with Gasteiger partial charge in [0, 0.05) is 17.0 Å². The van der Waals surface area contributed by atoms with E-state index in [0.29, 0.717) is 5.41 Å². The maximum absolute atomic E-state index is 4.60. The monoisotopic (exact) mass is 209 g/mol. The zero-order chi connectivity index (χ0) is 10.2. The van der Waals surface area contributed by atoms with Crippen LogP contribution in [0.3, 0.4) is 0 Å². The summed E-state index contributed by atoms with van der Waals surface area (Å²) < 4.78 is 0. The highest BCUT2D eigenvalue weighted by Crippen LogP contribution is 2.42. The molecular formula is C12H19NS. The van der Waals surface area contributed by atoms with Crippen molar-refractivity contribution in [1.82, 2.24) is 4.98 Å². The van der Waals surface area contributed by atoms with Gasteiger partial charge in [0.15, 0.2) is 0 Å². The van der Waals surface area contributed by atoms with Crippen LogP contribution < -0.4 is 0 Å². The summed E-state index contributed by atoms with van der Waals surface area (Å²) in [4.78, 5) is 4.60. The van der Waals surface area contributed by atoms with E-state index >= 15 is 0 Å². The van der Waals surface area contributed by atoms with Gasteiger partial charge >= 0.3 is 0 Å². The zero-order valence-corrected chi connectivity index (χ0v) is 10.2. The third-order valence-electron chi connectivity index (χ3n) is 3.33. The van der Waals surface area contributed by atoms with Crippen LogP contribution in [0.2, 0.25) is 0 Å². The normalized spacial score (nSPS) is 22.5. The molecule has 78 valence electrons. The fourth-order valence-corrected chi connectivity index (χ4v) is 3.17. The van der Waals surface area contributed by atoms with Crippen molar-refractivity contribution in [1.29, 1.82) is 0 Å². The average molecular weight is 209 g/mol. The van der Waals surface area contributed by atoms with Gasteiger partial charge in [-0.3, -0.25) is 0 Å². The highest BCUT2D eigenvalue weighted by molar-refractivity contribution is 7.09. The van der Waals surface area contributed by atoms with Crippen LogP contribution in [0.15, 0.2) is 5.38 Å². The summed E-state index contributed by atoms with van der Waals surface area (Å²) in [5.41, 5.74) is 1.76. The molecule has 1 aromatic heterocycles. The largest absolute Gasteiger partial charge is 0.246 e. The molecule has 1 aromatic rings. The van der Waals surface area contributed by atoms with E-state index in [4.69, 9.17) is 0 Å². The molecule has 1 fully saturated rings. The maximum Gasteiger partial charge on any atom is 0.0959 e. The summed E-state index contributed by atoms with van der Waals surface area (Å²) in [6, 6.07) is 0. The number of hydrogen-bond donors (Lipinski definition) is 0. The summed E-state index contributed by atoms with van der Waals surface area (Å²) in [6.07, 6.45) is 5.38. The maximum atomic E-state index is 4.60. The third-order valence-corrected chi connectivity index (χ3v) is 4.45. The number of nitrogens with zero attached hydrogens (tertiary/aromatic N) is 1. The molecule has 14 heavy (non-hydrogen) atoms. The molecule has 0 radical (unpaired) electrons. The van der Waals surface area contributed by atoms with Crippen LogP contribution in [0.5, 0.6) is 0 Å². The summed E-state index contributed by atoms with van der Waals surface area (Å²) in [5, 5.41) is 3.55. The van der Waals surface area contributed by atoms with Gasteiger partial charge < -0.3 is 0 Å². The van der Waals surface area contributed by atoms with Crippen molar-refractivity contribution in [2.75, 3.05) is 0 Å². The van der Waals surface area contributed by atoms with Crippen molar-refractivity contribution >= 4 is 11.3 Å². The SMILES string of the molecule is Cc1csc(C2CCC(C)(C)CC2)n1. The Morgan fingerprint density at radius 3 is 2.50 bits per heavy atom. The van der Waals surface area contributed by atoms with Crippen molar-refractivity contribution in [2.24, 2.45) is 5.41 Å². The first-order valence-electron chi connectivity index (χ1n) is 5.49. The van der Waals surface area contributed by atoms with Gasteiger partial charge in [0.05, 0.1) is 5.01 Å². The Bertz CT molecular complexity index is 304. The van der Waals surface area contributed by atoms with Gasteiger partial charge in [0.1, 0.15) is 0 Å². The molecule has 0 saturated heterocycles. The van der Waals surface area contributed by atoms with Gasteiger partial charge in [0.25, 0.3) is 0 Å². The lowest BCUT2D eigenvalue weighted by Crippen LogP contribution is -2.20. The highest BCUT2D eigenvalue weighted by atomic mass is 32.1. The van der Waals surface area contributed by atoms with Crippen LogP contribution in [0.25, 0.3) is 0 Å². The van der Waals surface area contributed by atoms with Gasteiger partial charge in [-0.25, -0.2) is 4.98 Å². The fourth-order valence-electron chi connectivity index (χ4n) is 2.21. The molecule has 0 unspecified atom stereocenters. The molecule has 1 aliphatic carbocycles. The Kier molecular flexibility index (Phi) is 2.65. The first-order valence-corrected chi connectivity index (χ1v) is 6.37. The number of aryl methyl sites for hydroxylation is 1. The first-order chi connectivity index (χ1) is 6.57. The van der Waals surface area contributed by atoms with Crippen LogP contribution in [-0.4, -0.2) is 4.98 Å². The summed E-state index contributed by atoms with van der Waals surface area (Å²) in [7, 11) is 0. The minimum atomic E-state index is 0.572. The van der Waals surface area contributed by atoms with Gasteiger partial charge in [-0.15, -0.1) is 11.3 Å². The van der Waals surface area contributed by atoms with Gasteiger partial charge in [-0.1, -0.05) is 13.8 Å². The smallest absolute Gasteiger partial charge is 0.0959 e. The van der Waals surface area contributed by atoms with Crippen molar-refractivity contribution in [2.45, 2.75) is 52.4 Å². The molecular weight excluding hydrogens is 190 g/mol. The quantitative estimate of drug-likeness (QED) is 0.677. The average Bonchev–Trinajstić information content (AvgIpc) is 2.52. The molecule has 0 atom stereocenters. The predicted molar refractivity (Wildman–Crippen MR) is 61.8 cm³/mol. The second-order valence-electron chi connectivity index (χ2n) is 5.27. The van der Waals surface area contributed by atoms with Gasteiger partial charge in [0.2, 0.25) is 0 Å². The van der Waals surface area contributed by atoms with Gasteiger partial charge in [-0.2, -0.15) is 0 Å². The lowest BCUT2D eigenvalue weighted by atomic mass is 9.73. The Balaban J connectivity index is 2.02. The number of rotatable bonds is 1. The number of thiazole rings is 1. The minimum absolute atomic E-state index is 0.572. The topological polar surface area (TPSA) is 12.9 Å². The van der Waals surface area contributed by atoms with Crippen molar-refractivity contribution < 1.29 is 0 Å². The first kappa shape index (κ1) is 10.2. The lowest BCUT2D eigenvalue weighted by molar-refractivity contribution is 0.224. The van der Waals surface area contributed by atoms with E-state index in [1.165, 1.54) is 36.4 Å². The minimum Gasteiger partial charge on any atom is -0.246 e. The zero-order valence-electron chi connectivity index (χ0n) is 9.34. The van der Waals surface area contributed by atoms with E-state index in [9.17, 15) is 0 Å². The molecule has 1 nitrogen and oxygen atoms in total. The highest BCUT2D eigenvalue weighted by Gasteiger charge is 2.28. The standard InChI is InChI=1S/C12H19NS/c1-9-8-14-11(13-9)10-4-6-12(2,3)7-5-10/h8,10H,4-7H2,1-3H3. The number of aromatic nitrogens is 1. The predicted octanol–water partition coefficient (Wildman–Crippen LogP) is 4.14. The second-order valence-corrected chi connectivity index (χ2v) is 6.16. The molecule has 2 heteroatoms. The molecule has 0 aromatic carbocycles. The summed E-state index contributed by atoms with van der Waals surface area (Å²) >= 11 is 1.85. The molecule has 1 aliphatic rings. The van der Waals surface area contributed by atoms with Crippen LogP contribution in [0.1, 0.15) is 56.2 Å². The number of hydrogen-bond acceptors (Lipinski definition) is 2. The van der Waals surface area contributed by atoms with E-state index in [1.807, 2.05) is 11.3 Å². The third kappa shape index (κ3) is 2.17. The van der Waals surface area contributed by atoms with E-state index < -0.39 is 0 Å². The van der Waals surface area contributed by atoms with Gasteiger partial charge in [-0.05, 0) is 38.0 Å². The summed E-state index contributed by atoms with van der Waals surface area (Å²) in [6.45, 7) is 6.86.